The van der Waals surface area contributed by atoms with Gasteiger partial charge in [0.2, 0.25) is 5.91 Å². The van der Waals surface area contributed by atoms with Crippen molar-refractivity contribution < 1.29 is 18.8 Å². The van der Waals surface area contributed by atoms with E-state index in [0.717, 1.165) is 16.0 Å². The van der Waals surface area contributed by atoms with Crippen LogP contribution >= 0.6 is 23.4 Å². The van der Waals surface area contributed by atoms with Crippen LogP contribution in [0.2, 0.25) is 5.02 Å². The minimum atomic E-state index is -0.571. The molecular weight excluding hydrogens is 621 g/mol. The van der Waals surface area contributed by atoms with Crippen LogP contribution in [0.15, 0.2) is 138 Å². The van der Waals surface area contributed by atoms with Crippen LogP contribution in [0.5, 0.6) is 0 Å². The van der Waals surface area contributed by atoms with Gasteiger partial charge in [0.25, 0.3) is 11.8 Å². The molecule has 0 aliphatic rings. The quantitative estimate of drug-likeness (QED) is 0.104. The molecule has 0 saturated heterocycles. The van der Waals surface area contributed by atoms with Gasteiger partial charge in [0, 0.05) is 26.9 Å². The van der Waals surface area contributed by atoms with Crippen LogP contribution in [0.4, 0.5) is 15.8 Å². The zero-order valence-corrected chi connectivity index (χ0v) is 26.2. The van der Waals surface area contributed by atoms with E-state index in [4.69, 9.17) is 11.6 Å². The minimum absolute atomic E-state index is 0.0176. The van der Waals surface area contributed by atoms with Gasteiger partial charge in [-0.25, -0.2) is 4.39 Å². The first kappa shape index (κ1) is 32.2. The molecule has 5 rings (SSSR count). The van der Waals surface area contributed by atoms with Gasteiger partial charge < -0.3 is 16.0 Å². The van der Waals surface area contributed by atoms with E-state index in [1.54, 1.807) is 66.7 Å². The molecule has 5 aromatic rings. The molecule has 0 aliphatic carbocycles. The molecule has 6 nitrogen and oxygen atoms in total. The SMILES string of the molecule is Cc1ccc(Cl)cc1NC(=O)C(Sc1ccc(NC(=O)/C(=C/c2ccc(F)cc2)NC(=O)c2ccccc2)cc1)c1ccccc1. The Morgan fingerprint density at radius 3 is 2.11 bits per heavy atom. The average Bonchev–Trinajstić information content (AvgIpc) is 3.07. The predicted molar refractivity (Wildman–Crippen MR) is 183 cm³/mol. The fourth-order valence-electron chi connectivity index (χ4n) is 4.45. The number of amides is 3. The Kier molecular flexibility index (Phi) is 10.7. The lowest BCUT2D eigenvalue weighted by Crippen LogP contribution is -2.30. The summed E-state index contributed by atoms with van der Waals surface area (Å²) in [6.45, 7) is 1.90. The molecule has 1 unspecified atom stereocenters. The largest absolute Gasteiger partial charge is 0.325 e. The second-order valence-corrected chi connectivity index (χ2v) is 11.9. The summed E-state index contributed by atoms with van der Waals surface area (Å²) in [5, 5.41) is 8.45. The van der Waals surface area contributed by atoms with Gasteiger partial charge in [-0.3, -0.25) is 14.4 Å². The van der Waals surface area contributed by atoms with Crippen molar-refractivity contribution in [3.8, 4) is 0 Å². The molecule has 46 heavy (non-hydrogen) atoms. The summed E-state index contributed by atoms with van der Waals surface area (Å²) in [6.07, 6.45) is 1.48. The topological polar surface area (TPSA) is 87.3 Å². The second kappa shape index (κ2) is 15.2. The molecule has 0 aromatic heterocycles. The van der Waals surface area contributed by atoms with Crippen molar-refractivity contribution in [2.24, 2.45) is 0 Å². The minimum Gasteiger partial charge on any atom is -0.325 e. The van der Waals surface area contributed by atoms with Crippen molar-refractivity contribution >= 4 is 58.5 Å². The van der Waals surface area contributed by atoms with Crippen molar-refractivity contribution in [1.29, 1.82) is 0 Å². The van der Waals surface area contributed by atoms with E-state index in [-0.39, 0.29) is 11.6 Å². The molecule has 0 aliphatic heterocycles. The van der Waals surface area contributed by atoms with Crippen LogP contribution < -0.4 is 16.0 Å². The van der Waals surface area contributed by atoms with E-state index in [2.05, 4.69) is 16.0 Å². The summed E-state index contributed by atoms with van der Waals surface area (Å²) < 4.78 is 13.5. The van der Waals surface area contributed by atoms with Gasteiger partial charge >= 0.3 is 0 Å². The molecule has 1 atom stereocenters. The smallest absolute Gasteiger partial charge is 0.272 e. The number of hydrogen-bond donors (Lipinski definition) is 3. The Morgan fingerprint density at radius 1 is 0.783 bits per heavy atom. The van der Waals surface area contributed by atoms with E-state index in [1.165, 1.54) is 42.1 Å². The summed E-state index contributed by atoms with van der Waals surface area (Å²) >= 11 is 7.54. The molecule has 230 valence electrons. The Morgan fingerprint density at radius 2 is 1.43 bits per heavy atom. The van der Waals surface area contributed by atoms with Crippen molar-refractivity contribution in [3.63, 3.8) is 0 Å². The van der Waals surface area contributed by atoms with Crippen LogP contribution in [0, 0.1) is 12.7 Å². The molecule has 0 bridgehead atoms. The van der Waals surface area contributed by atoms with Gasteiger partial charge in [-0.1, -0.05) is 78.3 Å². The highest BCUT2D eigenvalue weighted by Crippen LogP contribution is 2.37. The lowest BCUT2D eigenvalue weighted by molar-refractivity contribution is -0.116. The Labute approximate surface area is 275 Å². The van der Waals surface area contributed by atoms with E-state index in [0.29, 0.717) is 27.5 Å². The van der Waals surface area contributed by atoms with Gasteiger partial charge in [-0.05, 0) is 90.4 Å². The first-order chi connectivity index (χ1) is 22.2. The highest BCUT2D eigenvalue weighted by Gasteiger charge is 2.23. The molecule has 3 N–H and O–H groups in total. The van der Waals surface area contributed by atoms with E-state index in [1.807, 2.05) is 43.3 Å². The van der Waals surface area contributed by atoms with Gasteiger partial charge in [0.15, 0.2) is 0 Å². The van der Waals surface area contributed by atoms with Gasteiger partial charge in [0.05, 0.1) is 0 Å². The standard InChI is InChI=1S/C37H29ClFN3O3S/c1-24-12-15-28(38)23-32(24)41-37(45)34(26-8-4-2-5-9-26)46-31-20-18-30(19-21-31)40-36(44)33(22-25-13-16-29(39)17-14-25)42-35(43)27-10-6-3-7-11-27/h2-23,34H,1H3,(H,40,44)(H,41,45)(H,42,43)/b33-22-. The number of halogens is 2. The maximum absolute atomic E-state index is 13.5. The van der Waals surface area contributed by atoms with Gasteiger partial charge in [-0.2, -0.15) is 0 Å². The Balaban J connectivity index is 1.33. The molecule has 0 spiro atoms. The Hall–Kier alpha value is -5.18. The van der Waals surface area contributed by atoms with E-state index < -0.39 is 22.9 Å². The summed E-state index contributed by atoms with van der Waals surface area (Å²) in [5.74, 6) is -1.65. The molecule has 5 aromatic carbocycles. The maximum atomic E-state index is 13.5. The predicted octanol–water partition coefficient (Wildman–Crippen LogP) is 8.67. The lowest BCUT2D eigenvalue weighted by atomic mass is 10.1. The zero-order chi connectivity index (χ0) is 32.5. The molecule has 9 heteroatoms. The van der Waals surface area contributed by atoms with Crippen molar-refractivity contribution in [3.05, 3.63) is 166 Å². The number of hydrogen-bond acceptors (Lipinski definition) is 4. The maximum Gasteiger partial charge on any atom is 0.272 e. The number of carbonyl (C=O) groups is 3. The average molecular weight is 650 g/mol. The highest BCUT2D eigenvalue weighted by molar-refractivity contribution is 8.00. The van der Waals surface area contributed by atoms with Crippen molar-refractivity contribution in [2.45, 2.75) is 17.1 Å². The number of aryl methyl sites for hydroxylation is 1. The second-order valence-electron chi connectivity index (χ2n) is 10.3. The number of carbonyl (C=O) groups excluding carboxylic acids is 3. The monoisotopic (exact) mass is 649 g/mol. The lowest BCUT2D eigenvalue weighted by Gasteiger charge is -2.18. The van der Waals surface area contributed by atoms with Crippen LogP contribution in [0.25, 0.3) is 6.08 Å². The number of rotatable bonds is 10. The van der Waals surface area contributed by atoms with Crippen molar-refractivity contribution in [2.75, 3.05) is 10.6 Å². The molecule has 0 fully saturated rings. The molecular formula is C37H29ClFN3O3S. The number of benzene rings is 5. The first-order valence-corrected chi connectivity index (χ1v) is 15.5. The third kappa shape index (κ3) is 8.72. The summed E-state index contributed by atoms with van der Waals surface area (Å²) in [5.41, 5.74) is 3.73. The fourth-order valence-corrected chi connectivity index (χ4v) is 5.64. The van der Waals surface area contributed by atoms with Crippen molar-refractivity contribution in [1.82, 2.24) is 5.32 Å². The van der Waals surface area contributed by atoms with Crippen LogP contribution in [0.3, 0.4) is 0 Å². The van der Waals surface area contributed by atoms with E-state index >= 15 is 0 Å². The van der Waals surface area contributed by atoms with Crippen LogP contribution in [-0.2, 0) is 9.59 Å². The summed E-state index contributed by atoms with van der Waals surface area (Å²) in [7, 11) is 0. The summed E-state index contributed by atoms with van der Waals surface area (Å²) in [4.78, 5) is 40.6. The normalized spacial score (nSPS) is 11.8. The zero-order valence-electron chi connectivity index (χ0n) is 24.7. The first-order valence-electron chi connectivity index (χ1n) is 14.3. The third-order valence-corrected chi connectivity index (χ3v) is 8.38. The fraction of sp³-hybridized carbons (Fsp3) is 0.0541. The molecule has 0 radical (unpaired) electrons. The molecule has 0 heterocycles. The van der Waals surface area contributed by atoms with E-state index in [9.17, 15) is 18.8 Å². The molecule has 0 saturated carbocycles. The third-order valence-electron chi connectivity index (χ3n) is 6.87. The van der Waals surface area contributed by atoms with Crippen LogP contribution in [0.1, 0.15) is 32.3 Å². The number of nitrogens with one attached hydrogen (secondary N) is 3. The number of anilines is 2. The van der Waals surface area contributed by atoms with Gasteiger partial charge in [-0.15, -0.1) is 11.8 Å². The Bertz CT molecular complexity index is 1870. The highest BCUT2D eigenvalue weighted by atomic mass is 35.5. The molecule has 3 amide bonds. The van der Waals surface area contributed by atoms with Gasteiger partial charge in [0.1, 0.15) is 16.8 Å². The summed E-state index contributed by atoms with van der Waals surface area (Å²) in [6, 6.07) is 35.9. The van der Waals surface area contributed by atoms with Crippen LogP contribution in [-0.4, -0.2) is 17.7 Å². The number of thioether (sulfide) groups is 1.